The third kappa shape index (κ3) is 2.57. The largest absolute Gasteiger partial charge is 0.271 e. The number of benzene rings is 1. The van der Waals surface area contributed by atoms with E-state index in [1.807, 2.05) is 12.1 Å². The molecule has 0 bridgehead atoms. The highest BCUT2D eigenvalue weighted by molar-refractivity contribution is 6.30. The number of rotatable bonds is 4. The minimum absolute atomic E-state index is 0.371. The number of halogens is 1. The Hall–Kier alpha value is -0.570. The van der Waals surface area contributed by atoms with Crippen molar-refractivity contribution in [3.63, 3.8) is 0 Å². The van der Waals surface area contributed by atoms with Gasteiger partial charge in [-0.2, -0.15) is 0 Å². The van der Waals surface area contributed by atoms with Gasteiger partial charge < -0.3 is 0 Å². The van der Waals surface area contributed by atoms with E-state index in [9.17, 15) is 0 Å². The summed E-state index contributed by atoms with van der Waals surface area (Å²) in [5.74, 6) is 6.32. The van der Waals surface area contributed by atoms with E-state index in [2.05, 4.69) is 31.4 Å². The Morgan fingerprint density at radius 1 is 1.44 bits per heavy atom. The van der Waals surface area contributed by atoms with Crippen LogP contribution in [-0.4, -0.2) is 6.04 Å². The Kier molecular flexibility index (Phi) is 3.24. The van der Waals surface area contributed by atoms with Crippen molar-refractivity contribution in [2.45, 2.75) is 32.7 Å². The molecule has 88 valence electrons. The zero-order valence-electron chi connectivity index (χ0n) is 9.83. The van der Waals surface area contributed by atoms with E-state index >= 15 is 0 Å². The molecule has 2 atom stereocenters. The summed E-state index contributed by atoms with van der Waals surface area (Å²) >= 11 is 5.86. The molecule has 1 aromatic carbocycles. The lowest BCUT2D eigenvalue weighted by molar-refractivity contribution is 0.409. The third-order valence-electron chi connectivity index (χ3n) is 3.66. The standard InChI is InChI=1S/C13H19ClN2/c1-13(2)8-11(13)12(16-15)7-9-3-5-10(14)6-4-9/h3-6,11-12,16H,7-8,15H2,1-2H3. The topological polar surface area (TPSA) is 38.0 Å². The minimum Gasteiger partial charge on any atom is -0.271 e. The lowest BCUT2D eigenvalue weighted by atomic mass is 9.98. The van der Waals surface area contributed by atoms with Gasteiger partial charge in [0.2, 0.25) is 0 Å². The van der Waals surface area contributed by atoms with Crippen LogP contribution in [0, 0.1) is 11.3 Å². The van der Waals surface area contributed by atoms with Gasteiger partial charge in [0, 0.05) is 11.1 Å². The van der Waals surface area contributed by atoms with Gasteiger partial charge in [-0.3, -0.25) is 11.3 Å². The maximum absolute atomic E-state index is 5.86. The van der Waals surface area contributed by atoms with Gasteiger partial charge in [0.05, 0.1) is 0 Å². The van der Waals surface area contributed by atoms with Gasteiger partial charge in [0.1, 0.15) is 0 Å². The second-order valence-electron chi connectivity index (χ2n) is 5.40. The Morgan fingerprint density at radius 2 is 2.00 bits per heavy atom. The van der Waals surface area contributed by atoms with Crippen LogP contribution in [0.2, 0.25) is 5.02 Å². The van der Waals surface area contributed by atoms with Crippen molar-refractivity contribution in [2.75, 3.05) is 0 Å². The molecule has 1 aliphatic rings. The van der Waals surface area contributed by atoms with Crippen LogP contribution in [-0.2, 0) is 6.42 Å². The Morgan fingerprint density at radius 3 is 2.44 bits per heavy atom. The van der Waals surface area contributed by atoms with Crippen molar-refractivity contribution < 1.29 is 0 Å². The quantitative estimate of drug-likeness (QED) is 0.625. The van der Waals surface area contributed by atoms with Crippen LogP contribution in [0.4, 0.5) is 0 Å². The van der Waals surface area contributed by atoms with E-state index in [4.69, 9.17) is 17.4 Å². The number of hydrogen-bond acceptors (Lipinski definition) is 2. The third-order valence-corrected chi connectivity index (χ3v) is 3.91. The average Bonchev–Trinajstić information content (AvgIpc) is 2.87. The summed E-state index contributed by atoms with van der Waals surface area (Å²) in [6.45, 7) is 4.59. The summed E-state index contributed by atoms with van der Waals surface area (Å²) < 4.78 is 0. The molecular formula is C13H19ClN2. The van der Waals surface area contributed by atoms with Crippen LogP contribution in [0.15, 0.2) is 24.3 Å². The molecule has 0 aromatic heterocycles. The lowest BCUT2D eigenvalue weighted by Crippen LogP contribution is -2.39. The summed E-state index contributed by atoms with van der Waals surface area (Å²) in [6.07, 6.45) is 2.23. The Bertz CT molecular complexity index is 359. The van der Waals surface area contributed by atoms with Crippen molar-refractivity contribution in [2.24, 2.45) is 17.2 Å². The van der Waals surface area contributed by atoms with Gasteiger partial charge in [0.15, 0.2) is 0 Å². The monoisotopic (exact) mass is 238 g/mol. The number of nitrogens with one attached hydrogen (secondary N) is 1. The lowest BCUT2D eigenvalue weighted by Gasteiger charge is -2.17. The number of hydrogen-bond donors (Lipinski definition) is 2. The highest BCUT2D eigenvalue weighted by Crippen LogP contribution is 2.53. The summed E-state index contributed by atoms with van der Waals surface area (Å²) in [5.41, 5.74) is 4.68. The molecule has 16 heavy (non-hydrogen) atoms. The average molecular weight is 239 g/mol. The fourth-order valence-corrected chi connectivity index (χ4v) is 2.51. The van der Waals surface area contributed by atoms with Gasteiger partial charge in [-0.1, -0.05) is 37.6 Å². The SMILES string of the molecule is CC1(C)CC1C(Cc1ccc(Cl)cc1)NN. The fraction of sp³-hybridized carbons (Fsp3) is 0.538. The van der Waals surface area contributed by atoms with E-state index in [0.717, 1.165) is 11.4 Å². The molecule has 2 nitrogen and oxygen atoms in total. The van der Waals surface area contributed by atoms with Gasteiger partial charge in [-0.15, -0.1) is 0 Å². The van der Waals surface area contributed by atoms with Crippen molar-refractivity contribution in [1.82, 2.24) is 5.43 Å². The fourth-order valence-electron chi connectivity index (χ4n) is 2.39. The summed E-state index contributed by atoms with van der Waals surface area (Å²) in [4.78, 5) is 0. The van der Waals surface area contributed by atoms with Gasteiger partial charge in [0.25, 0.3) is 0 Å². The minimum atomic E-state index is 0.371. The van der Waals surface area contributed by atoms with Crippen molar-refractivity contribution in [3.05, 3.63) is 34.9 Å². The maximum Gasteiger partial charge on any atom is 0.0406 e. The smallest absolute Gasteiger partial charge is 0.0406 e. The first-order valence-corrected chi connectivity index (χ1v) is 6.11. The van der Waals surface area contributed by atoms with E-state index in [-0.39, 0.29) is 0 Å². The van der Waals surface area contributed by atoms with E-state index < -0.39 is 0 Å². The molecule has 1 aromatic rings. The van der Waals surface area contributed by atoms with Crippen LogP contribution in [0.5, 0.6) is 0 Å². The van der Waals surface area contributed by atoms with Crippen molar-refractivity contribution in [1.29, 1.82) is 0 Å². The number of nitrogens with two attached hydrogens (primary N) is 1. The first-order valence-electron chi connectivity index (χ1n) is 5.73. The molecule has 0 radical (unpaired) electrons. The van der Waals surface area contributed by atoms with Crippen LogP contribution in [0.1, 0.15) is 25.8 Å². The molecule has 1 fully saturated rings. The molecule has 2 unspecified atom stereocenters. The molecule has 1 aliphatic carbocycles. The second-order valence-corrected chi connectivity index (χ2v) is 5.84. The first-order chi connectivity index (χ1) is 7.53. The van der Waals surface area contributed by atoms with E-state index in [0.29, 0.717) is 17.4 Å². The highest BCUT2D eigenvalue weighted by atomic mass is 35.5. The zero-order chi connectivity index (χ0) is 11.8. The molecule has 0 heterocycles. The molecular weight excluding hydrogens is 220 g/mol. The van der Waals surface area contributed by atoms with Crippen LogP contribution in [0.3, 0.4) is 0 Å². The predicted octanol–water partition coefficient (Wildman–Crippen LogP) is 2.76. The molecule has 0 saturated heterocycles. The second kappa shape index (κ2) is 4.36. The number of hydrazine groups is 1. The molecule has 2 rings (SSSR count). The predicted molar refractivity (Wildman–Crippen MR) is 68.2 cm³/mol. The molecule has 3 heteroatoms. The Labute approximate surface area is 102 Å². The first kappa shape index (κ1) is 11.9. The van der Waals surface area contributed by atoms with Crippen molar-refractivity contribution in [3.8, 4) is 0 Å². The van der Waals surface area contributed by atoms with Gasteiger partial charge >= 0.3 is 0 Å². The van der Waals surface area contributed by atoms with Gasteiger partial charge in [-0.05, 0) is 41.9 Å². The zero-order valence-corrected chi connectivity index (χ0v) is 10.6. The van der Waals surface area contributed by atoms with Gasteiger partial charge in [-0.25, -0.2) is 0 Å². The molecule has 3 N–H and O–H groups in total. The summed E-state index contributed by atoms with van der Waals surface area (Å²) in [6, 6.07) is 8.38. The van der Waals surface area contributed by atoms with Crippen molar-refractivity contribution >= 4 is 11.6 Å². The molecule has 0 spiro atoms. The molecule has 0 aliphatic heterocycles. The molecule has 0 amide bonds. The van der Waals surface area contributed by atoms with E-state index in [1.165, 1.54) is 12.0 Å². The maximum atomic E-state index is 5.86. The Balaban J connectivity index is 2.00. The van der Waals surface area contributed by atoms with Crippen LogP contribution in [0.25, 0.3) is 0 Å². The normalized spacial score (nSPS) is 24.1. The highest BCUT2D eigenvalue weighted by Gasteiger charge is 2.49. The van der Waals surface area contributed by atoms with Crippen LogP contribution < -0.4 is 11.3 Å². The van der Waals surface area contributed by atoms with E-state index in [1.54, 1.807) is 0 Å². The summed E-state index contributed by atoms with van der Waals surface area (Å²) in [5, 5.41) is 0.785. The summed E-state index contributed by atoms with van der Waals surface area (Å²) in [7, 11) is 0. The molecule has 1 saturated carbocycles. The van der Waals surface area contributed by atoms with Crippen LogP contribution >= 0.6 is 11.6 Å².